The van der Waals surface area contributed by atoms with Crippen LogP contribution in [0.5, 0.6) is 0 Å². The molecule has 4 atom stereocenters. The number of aliphatic hydroxyl groups is 1. The van der Waals surface area contributed by atoms with Crippen molar-refractivity contribution in [2.24, 2.45) is 5.92 Å². The zero-order chi connectivity index (χ0) is 35.0. The van der Waals surface area contributed by atoms with Gasteiger partial charge in [0.15, 0.2) is 6.29 Å². The van der Waals surface area contributed by atoms with Gasteiger partial charge in [-0.25, -0.2) is 0 Å². The van der Waals surface area contributed by atoms with Crippen molar-refractivity contribution in [2.45, 2.75) is 45.1 Å². The third kappa shape index (κ3) is 8.82. The highest BCUT2D eigenvalue weighted by molar-refractivity contribution is 5.94. The molecule has 0 aliphatic carbocycles. The van der Waals surface area contributed by atoms with Gasteiger partial charge in [-0.1, -0.05) is 116 Å². The topological polar surface area (TPSA) is 74.3 Å². The average molecular weight is 682 g/mol. The highest BCUT2D eigenvalue weighted by atomic mass is 16.7. The number of carbonyl (C=O) groups is 1. The number of carbonyl (C=O) groups excluding carboxylic acids is 1. The summed E-state index contributed by atoms with van der Waals surface area (Å²) >= 11 is 0. The van der Waals surface area contributed by atoms with Gasteiger partial charge in [0.1, 0.15) is 0 Å². The summed E-state index contributed by atoms with van der Waals surface area (Å²) in [6, 6.07) is 44.8. The highest BCUT2D eigenvalue weighted by Crippen LogP contribution is 2.42. The molecule has 0 spiro atoms. The van der Waals surface area contributed by atoms with Gasteiger partial charge in [-0.2, -0.15) is 0 Å². The van der Waals surface area contributed by atoms with E-state index in [1.807, 2.05) is 54.6 Å². The summed E-state index contributed by atoms with van der Waals surface area (Å²) < 4.78 is 13.7. The van der Waals surface area contributed by atoms with E-state index in [0.29, 0.717) is 12.1 Å². The van der Waals surface area contributed by atoms with E-state index in [2.05, 4.69) is 101 Å². The van der Waals surface area contributed by atoms with Crippen LogP contribution in [0.1, 0.15) is 57.5 Å². The Balaban J connectivity index is 1.07. The van der Waals surface area contributed by atoms with Crippen LogP contribution in [0.25, 0.3) is 11.1 Å². The monoisotopic (exact) mass is 681 g/mol. The lowest BCUT2D eigenvalue weighted by Crippen LogP contribution is -2.51. The molecule has 1 amide bonds. The van der Waals surface area contributed by atoms with Crippen LogP contribution in [0.2, 0.25) is 0 Å². The summed E-state index contributed by atoms with van der Waals surface area (Å²) in [6.07, 6.45) is -0.741. The maximum Gasteiger partial charge on any atom is 0.251 e. The third-order valence-electron chi connectivity index (χ3n) is 10.2. The summed E-state index contributed by atoms with van der Waals surface area (Å²) in [6.45, 7) is 8.55. The number of piperazine rings is 1. The summed E-state index contributed by atoms with van der Waals surface area (Å²) in [7, 11) is 0. The Morgan fingerprint density at radius 3 is 2.06 bits per heavy atom. The van der Waals surface area contributed by atoms with Crippen molar-refractivity contribution in [3.05, 3.63) is 167 Å². The number of ether oxygens (including phenoxy) is 2. The molecule has 0 aromatic heterocycles. The SMILES string of the molecule is C[C@@H]1[C@H](CN2CCN(Cc3ccccc3)CC2)O[C@H](c2cccc(-c3cccc(CNC(=O)c4ccccc4)c3)c2)O[C@@H]1c1ccc(CO)cc1. The number of nitrogens with one attached hydrogen (secondary N) is 1. The van der Waals surface area contributed by atoms with Crippen LogP contribution >= 0.6 is 0 Å². The molecule has 2 fully saturated rings. The second-order valence-corrected chi connectivity index (χ2v) is 13.8. The predicted octanol–water partition coefficient (Wildman–Crippen LogP) is 7.39. The van der Waals surface area contributed by atoms with Crippen LogP contribution in [-0.2, 0) is 29.2 Å². The second-order valence-electron chi connectivity index (χ2n) is 13.8. The Kier molecular flexibility index (Phi) is 11.3. The number of benzene rings is 5. The minimum atomic E-state index is -0.540. The molecule has 5 aromatic rings. The molecule has 7 nitrogen and oxygen atoms in total. The van der Waals surface area contributed by atoms with Gasteiger partial charge in [0, 0.05) is 62.9 Å². The van der Waals surface area contributed by atoms with Gasteiger partial charge in [0.2, 0.25) is 0 Å². The van der Waals surface area contributed by atoms with Gasteiger partial charge in [0.05, 0.1) is 18.8 Å². The molecule has 0 radical (unpaired) electrons. The number of hydrogen-bond donors (Lipinski definition) is 2. The van der Waals surface area contributed by atoms with Crippen molar-refractivity contribution < 1.29 is 19.4 Å². The highest BCUT2D eigenvalue weighted by Gasteiger charge is 2.39. The summed E-state index contributed by atoms with van der Waals surface area (Å²) in [4.78, 5) is 17.7. The number of aliphatic hydroxyl groups excluding tert-OH is 1. The van der Waals surface area contributed by atoms with Gasteiger partial charge < -0.3 is 19.9 Å². The van der Waals surface area contributed by atoms with E-state index in [0.717, 1.165) is 72.6 Å². The quantitative estimate of drug-likeness (QED) is 0.152. The minimum absolute atomic E-state index is 0.0133. The van der Waals surface area contributed by atoms with E-state index in [1.54, 1.807) is 0 Å². The van der Waals surface area contributed by atoms with Crippen molar-refractivity contribution in [1.82, 2.24) is 15.1 Å². The summed E-state index contributed by atoms with van der Waals surface area (Å²) in [5.41, 5.74) is 8.09. The number of rotatable bonds is 11. The van der Waals surface area contributed by atoms with E-state index >= 15 is 0 Å². The Morgan fingerprint density at radius 1 is 0.686 bits per heavy atom. The molecule has 2 heterocycles. The summed E-state index contributed by atoms with van der Waals surface area (Å²) in [5.74, 6) is 0.0301. The second kappa shape index (κ2) is 16.6. The van der Waals surface area contributed by atoms with E-state index in [1.165, 1.54) is 5.56 Å². The first-order valence-electron chi connectivity index (χ1n) is 18.0. The lowest BCUT2D eigenvalue weighted by molar-refractivity contribution is -0.276. The molecule has 7 rings (SSSR count). The number of hydrogen-bond acceptors (Lipinski definition) is 6. The Morgan fingerprint density at radius 2 is 1.33 bits per heavy atom. The lowest BCUT2D eigenvalue weighted by Gasteiger charge is -2.44. The summed E-state index contributed by atoms with van der Waals surface area (Å²) in [5, 5.41) is 12.7. The van der Waals surface area contributed by atoms with E-state index < -0.39 is 6.29 Å². The van der Waals surface area contributed by atoms with Gasteiger partial charge in [0.25, 0.3) is 5.91 Å². The van der Waals surface area contributed by atoms with Crippen LogP contribution in [-0.4, -0.2) is 59.6 Å². The van der Waals surface area contributed by atoms with Gasteiger partial charge in [-0.05, 0) is 57.6 Å². The van der Waals surface area contributed by atoms with Crippen molar-refractivity contribution in [3.8, 4) is 11.1 Å². The largest absolute Gasteiger partial charge is 0.392 e. The van der Waals surface area contributed by atoms with Gasteiger partial charge >= 0.3 is 0 Å². The smallest absolute Gasteiger partial charge is 0.251 e. The molecule has 0 unspecified atom stereocenters. The van der Waals surface area contributed by atoms with E-state index in [4.69, 9.17) is 9.47 Å². The fourth-order valence-electron chi connectivity index (χ4n) is 7.15. The molecule has 2 saturated heterocycles. The standard InChI is InChI=1S/C44H47N3O4/c1-32-41(30-47-24-22-46(23-25-47)29-33-10-4-2-5-11-33)50-44(51-42(32)36-20-18-34(31-48)19-21-36)40-17-9-16-39(27-40)38-15-8-12-35(26-38)28-45-43(49)37-13-6-3-7-14-37/h2-21,26-27,32,41-42,44,48H,22-25,28-31H2,1H3,(H,45,49)/t32-,41+,42+,44+/m1/s1. The van der Waals surface area contributed by atoms with Crippen molar-refractivity contribution in [2.75, 3.05) is 32.7 Å². The van der Waals surface area contributed by atoms with Crippen LogP contribution in [0.15, 0.2) is 133 Å². The first-order valence-corrected chi connectivity index (χ1v) is 18.0. The molecule has 262 valence electrons. The molecule has 0 bridgehead atoms. The Bertz CT molecular complexity index is 1860. The molecule has 0 saturated carbocycles. The zero-order valence-electron chi connectivity index (χ0n) is 29.2. The first kappa shape index (κ1) is 34.8. The fourth-order valence-corrected chi connectivity index (χ4v) is 7.15. The normalized spacial score (nSPS) is 21.3. The lowest BCUT2D eigenvalue weighted by atomic mass is 9.89. The molecule has 5 aromatic carbocycles. The van der Waals surface area contributed by atoms with Gasteiger partial charge in [-0.15, -0.1) is 0 Å². The molecule has 2 N–H and O–H groups in total. The maximum atomic E-state index is 12.7. The van der Waals surface area contributed by atoms with Gasteiger partial charge in [-0.3, -0.25) is 14.6 Å². The van der Waals surface area contributed by atoms with Crippen molar-refractivity contribution in [3.63, 3.8) is 0 Å². The van der Waals surface area contributed by atoms with E-state index in [-0.39, 0.29) is 30.6 Å². The molecule has 51 heavy (non-hydrogen) atoms. The molecule has 2 aliphatic rings. The van der Waals surface area contributed by atoms with E-state index in [9.17, 15) is 9.90 Å². The number of amides is 1. The zero-order valence-corrected chi connectivity index (χ0v) is 29.2. The Hall–Kier alpha value is -4.63. The van der Waals surface area contributed by atoms with Crippen LogP contribution in [0.3, 0.4) is 0 Å². The maximum absolute atomic E-state index is 12.7. The molecule has 2 aliphatic heterocycles. The molecular weight excluding hydrogens is 635 g/mol. The Labute approximate surface area is 301 Å². The van der Waals surface area contributed by atoms with Crippen molar-refractivity contribution in [1.29, 1.82) is 0 Å². The molecule has 7 heteroatoms. The predicted molar refractivity (Wildman–Crippen MR) is 201 cm³/mol. The third-order valence-corrected chi connectivity index (χ3v) is 10.2. The van der Waals surface area contributed by atoms with Crippen LogP contribution < -0.4 is 5.32 Å². The number of nitrogens with zero attached hydrogens (tertiary/aromatic N) is 2. The van der Waals surface area contributed by atoms with Crippen LogP contribution in [0, 0.1) is 5.92 Å². The van der Waals surface area contributed by atoms with Crippen molar-refractivity contribution >= 4 is 5.91 Å². The minimum Gasteiger partial charge on any atom is -0.392 e. The average Bonchev–Trinajstić information content (AvgIpc) is 3.19. The molecular formula is C44H47N3O4. The fraction of sp³-hybridized carbons (Fsp3) is 0.295. The van der Waals surface area contributed by atoms with Crippen LogP contribution in [0.4, 0.5) is 0 Å². The first-order chi connectivity index (χ1) is 25.0.